The average molecular weight is 206 g/mol. The summed E-state index contributed by atoms with van der Waals surface area (Å²) in [6, 6.07) is 8.03. The molecule has 1 aromatic rings. The Hall–Kier alpha value is -0.760. The Morgan fingerprint density at radius 2 is 2.00 bits per heavy atom. The van der Waals surface area contributed by atoms with Crippen LogP contribution in [0.2, 0.25) is 0 Å². The van der Waals surface area contributed by atoms with Gasteiger partial charge in [-0.2, -0.15) is 11.8 Å². The Bertz CT molecular complexity index is 325. The van der Waals surface area contributed by atoms with Crippen LogP contribution in [0, 0.1) is 5.92 Å². The maximum absolute atomic E-state index is 11.8. The molecule has 1 saturated heterocycles. The number of hydrogen-bond acceptors (Lipinski definition) is 2. The molecule has 1 heterocycles. The number of benzene rings is 1. The van der Waals surface area contributed by atoms with Gasteiger partial charge >= 0.3 is 0 Å². The van der Waals surface area contributed by atoms with Gasteiger partial charge in [-0.3, -0.25) is 4.79 Å². The summed E-state index contributed by atoms with van der Waals surface area (Å²) in [5.74, 6) is 2.63. The van der Waals surface area contributed by atoms with Crippen LogP contribution in [-0.2, 0) is 6.42 Å². The highest BCUT2D eigenvalue weighted by Crippen LogP contribution is 2.27. The number of hydrogen-bond donors (Lipinski definition) is 0. The molecule has 0 spiro atoms. The van der Waals surface area contributed by atoms with E-state index in [0.29, 0.717) is 5.78 Å². The molecule has 0 amide bonds. The predicted molar refractivity (Wildman–Crippen MR) is 61.0 cm³/mol. The average Bonchev–Trinajstić information content (AvgIpc) is 2.15. The van der Waals surface area contributed by atoms with Crippen molar-refractivity contribution in [3.05, 3.63) is 35.4 Å². The van der Waals surface area contributed by atoms with E-state index in [0.717, 1.165) is 23.5 Å². The number of rotatable bonds is 3. The van der Waals surface area contributed by atoms with Crippen LogP contribution >= 0.6 is 11.8 Å². The van der Waals surface area contributed by atoms with Gasteiger partial charge in [0.1, 0.15) is 0 Å². The second kappa shape index (κ2) is 4.18. The molecule has 0 unspecified atom stereocenters. The van der Waals surface area contributed by atoms with Crippen LogP contribution in [0.4, 0.5) is 0 Å². The van der Waals surface area contributed by atoms with E-state index >= 15 is 0 Å². The summed E-state index contributed by atoms with van der Waals surface area (Å²) < 4.78 is 0. The first-order valence-corrected chi connectivity index (χ1v) is 6.17. The third kappa shape index (κ3) is 1.85. The third-order valence-corrected chi connectivity index (χ3v) is 3.93. The number of Topliss-reactive ketones (excluding diaryl/α,β-unsaturated/α-hetero) is 1. The normalized spacial score (nSPS) is 16.4. The number of ketones is 1. The summed E-state index contributed by atoms with van der Waals surface area (Å²) in [4.78, 5) is 11.8. The predicted octanol–water partition coefficient (Wildman–Crippen LogP) is 2.79. The first-order valence-electron chi connectivity index (χ1n) is 5.02. The molecule has 1 fully saturated rings. The van der Waals surface area contributed by atoms with Crippen molar-refractivity contribution in [1.29, 1.82) is 0 Å². The van der Waals surface area contributed by atoms with E-state index in [1.165, 1.54) is 5.56 Å². The van der Waals surface area contributed by atoms with Crippen molar-refractivity contribution in [2.45, 2.75) is 13.3 Å². The maximum atomic E-state index is 11.8. The van der Waals surface area contributed by atoms with Crippen LogP contribution in [0.25, 0.3) is 0 Å². The second-order valence-corrected chi connectivity index (χ2v) is 4.72. The van der Waals surface area contributed by atoms with Crippen molar-refractivity contribution in [3.63, 3.8) is 0 Å². The number of carbonyl (C=O) groups excluding carboxylic acids is 1. The van der Waals surface area contributed by atoms with Gasteiger partial charge in [-0.1, -0.05) is 31.2 Å². The molecule has 1 aliphatic heterocycles. The quantitative estimate of drug-likeness (QED) is 0.707. The molecular weight excluding hydrogens is 192 g/mol. The topological polar surface area (TPSA) is 17.1 Å². The SMILES string of the molecule is CCc1ccc(C(=O)C2CSC2)cc1. The van der Waals surface area contributed by atoms with Crippen LogP contribution in [0.1, 0.15) is 22.8 Å². The second-order valence-electron chi connectivity index (χ2n) is 3.65. The fraction of sp³-hybridized carbons (Fsp3) is 0.417. The molecule has 1 nitrogen and oxygen atoms in total. The van der Waals surface area contributed by atoms with E-state index in [1.54, 1.807) is 0 Å². The van der Waals surface area contributed by atoms with Crippen molar-refractivity contribution >= 4 is 17.5 Å². The molecule has 0 saturated carbocycles. The Labute approximate surface area is 88.9 Å². The zero-order valence-corrected chi connectivity index (χ0v) is 9.14. The molecule has 0 aliphatic carbocycles. The molecule has 1 aliphatic rings. The van der Waals surface area contributed by atoms with Gasteiger partial charge in [0.15, 0.2) is 5.78 Å². The van der Waals surface area contributed by atoms with E-state index in [4.69, 9.17) is 0 Å². The first kappa shape index (κ1) is 9.78. The lowest BCUT2D eigenvalue weighted by Gasteiger charge is -2.23. The van der Waals surface area contributed by atoms with Gasteiger partial charge in [0, 0.05) is 23.0 Å². The van der Waals surface area contributed by atoms with Crippen LogP contribution in [0.5, 0.6) is 0 Å². The standard InChI is InChI=1S/C12H14OS/c1-2-9-3-5-10(6-4-9)12(13)11-7-14-8-11/h3-6,11H,2,7-8H2,1H3. The van der Waals surface area contributed by atoms with Crippen molar-refractivity contribution < 1.29 is 4.79 Å². The van der Waals surface area contributed by atoms with E-state index in [2.05, 4.69) is 19.1 Å². The highest BCUT2D eigenvalue weighted by Gasteiger charge is 2.26. The van der Waals surface area contributed by atoms with Crippen molar-refractivity contribution in [2.75, 3.05) is 11.5 Å². The molecule has 0 bridgehead atoms. The zero-order chi connectivity index (χ0) is 9.97. The third-order valence-electron chi connectivity index (χ3n) is 2.66. The van der Waals surface area contributed by atoms with Gasteiger partial charge in [-0.25, -0.2) is 0 Å². The molecule has 14 heavy (non-hydrogen) atoms. The molecule has 0 aromatic heterocycles. The summed E-state index contributed by atoms with van der Waals surface area (Å²) in [6.07, 6.45) is 1.04. The monoisotopic (exact) mass is 206 g/mol. The fourth-order valence-corrected chi connectivity index (χ4v) is 2.30. The van der Waals surface area contributed by atoms with Gasteiger partial charge in [0.25, 0.3) is 0 Å². The first-order chi connectivity index (χ1) is 6.81. The lowest BCUT2D eigenvalue weighted by Crippen LogP contribution is -2.27. The molecule has 0 atom stereocenters. The fourth-order valence-electron chi connectivity index (χ4n) is 1.53. The number of carbonyl (C=O) groups is 1. The molecule has 1 aromatic carbocycles. The van der Waals surface area contributed by atoms with Crippen molar-refractivity contribution in [2.24, 2.45) is 5.92 Å². The molecule has 0 radical (unpaired) electrons. The van der Waals surface area contributed by atoms with Crippen LogP contribution in [0.15, 0.2) is 24.3 Å². The van der Waals surface area contributed by atoms with Gasteiger partial charge in [-0.05, 0) is 12.0 Å². The van der Waals surface area contributed by atoms with Crippen LogP contribution in [-0.4, -0.2) is 17.3 Å². The van der Waals surface area contributed by atoms with Gasteiger partial charge in [0.2, 0.25) is 0 Å². The molecule has 74 valence electrons. The minimum atomic E-state index is 0.285. The number of aryl methyl sites for hydroxylation is 1. The number of thioether (sulfide) groups is 1. The summed E-state index contributed by atoms with van der Waals surface area (Å²) in [7, 11) is 0. The Balaban J connectivity index is 2.11. The largest absolute Gasteiger partial charge is 0.294 e. The van der Waals surface area contributed by atoms with Crippen LogP contribution < -0.4 is 0 Å². The molecular formula is C12H14OS. The lowest BCUT2D eigenvalue weighted by atomic mass is 9.99. The zero-order valence-electron chi connectivity index (χ0n) is 8.32. The van der Waals surface area contributed by atoms with E-state index in [9.17, 15) is 4.79 Å². The molecule has 2 heteroatoms. The van der Waals surface area contributed by atoms with Gasteiger partial charge in [-0.15, -0.1) is 0 Å². The highest BCUT2D eigenvalue weighted by atomic mass is 32.2. The molecule has 0 N–H and O–H groups in total. The highest BCUT2D eigenvalue weighted by molar-refractivity contribution is 8.00. The minimum absolute atomic E-state index is 0.285. The van der Waals surface area contributed by atoms with Crippen molar-refractivity contribution in [1.82, 2.24) is 0 Å². The Kier molecular flexibility index (Phi) is 2.92. The van der Waals surface area contributed by atoms with E-state index in [1.807, 2.05) is 23.9 Å². The molecule has 2 rings (SSSR count). The summed E-state index contributed by atoms with van der Waals surface area (Å²) in [5.41, 5.74) is 2.18. The Morgan fingerprint density at radius 3 is 2.43 bits per heavy atom. The maximum Gasteiger partial charge on any atom is 0.167 e. The van der Waals surface area contributed by atoms with E-state index in [-0.39, 0.29) is 5.92 Å². The summed E-state index contributed by atoms with van der Waals surface area (Å²) in [5, 5.41) is 0. The Morgan fingerprint density at radius 1 is 1.36 bits per heavy atom. The summed E-state index contributed by atoms with van der Waals surface area (Å²) >= 11 is 1.85. The van der Waals surface area contributed by atoms with Gasteiger partial charge < -0.3 is 0 Å². The minimum Gasteiger partial charge on any atom is -0.294 e. The van der Waals surface area contributed by atoms with Crippen molar-refractivity contribution in [3.8, 4) is 0 Å². The summed E-state index contributed by atoms with van der Waals surface area (Å²) in [6.45, 7) is 2.12. The lowest BCUT2D eigenvalue weighted by molar-refractivity contribution is 0.0939. The van der Waals surface area contributed by atoms with E-state index < -0.39 is 0 Å². The van der Waals surface area contributed by atoms with Crippen LogP contribution in [0.3, 0.4) is 0 Å². The smallest absolute Gasteiger partial charge is 0.167 e. The van der Waals surface area contributed by atoms with Gasteiger partial charge in [0.05, 0.1) is 0 Å².